The van der Waals surface area contributed by atoms with Crippen LogP contribution in [0.2, 0.25) is 0 Å². The lowest BCUT2D eigenvalue weighted by molar-refractivity contribution is -0.152. The first-order valence-electron chi connectivity index (χ1n) is 9.10. The second-order valence-electron chi connectivity index (χ2n) is 5.98. The number of unbranched alkanes of at least 4 members (excludes halogenated alkanes) is 2. The quantitative estimate of drug-likeness (QED) is 0.347. The summed E-state index contributed by atoms with van der Waals surface area (Å²) in [4.78, 5) is 12.3. The molecule has 1 N–H and O–H groups in total. The zero-order valence-electron chi connectivity index (χ0n) is 15.2. The average Bonchev–Trinajstić information content (AvgIpc) is 2.55. The molecule has 0 rings (SSSR count). The minimum Gasteiger partial charge on any atom is -0.463 e. The van der Waals surface area contributed by atoms with Gasteiger partial charge in [0, 0.05) is 0 Å². The third-order valence-electron chi connectivity index (χ3n) is 3.95. The summed E-state index contributed by atoms with van der Waals surface area (Å²) in [5, 5.41) is 8.56. The number of ether oxygens (including phenoxy) is 3. The smallest absolute Gasteiger partial charge is 0.309 e. The Balaban J connectivity index is 3.93. The molecule has 2 atom stereocenters. The Kier molecular flexibility index (Phi) is 15.8. The molecule has 0 aromatic carbocycles. The Labute approximate surface area is 141 Å². The van der Waals surface area contributed by atoms with Gasteiger partial charge < -0.3 is 19.3 Å². The molecule has 0 aromatic heterocycles. The predicted octanol–water partition coefficient (Wildman–Crippen LogP) is 3.19. The number of rotatable bonds is 16. The minimum atomic E-state index is -0.0813. The largest absolute Gasteiger partial charge is 0.463 e. The number of aliphatic hydroxyl groups is 1. The fourth-order valence-corrected chi connectivity index (χ4v) is 2.48. The molecular weight excluding hydrogens is 296 g/mol. The highest BCUT2D eigenvalue weighted by molar-refractivity contribution is 5.72. The Hall–Kier alpha value is -0.650. The monoisotopic (exact) mass is 332 g/mol. The lowest BCUT2D eigenvalue weighted by Gasteiger charge is -2.22. The van der Waals surface area contributed by atoms with E-state index in [9.17, 15) is 4.79 Å². The topological polar surface area (TPSA) is 65.0 Å². The lowest BCUT2D eigenvalue weighted by atomic mass is 9.86. The summed E-state index contributed by atoms with van der Waals surface area (Å²) < 4.78 is 15.8. The van der Waals surface area contributed by atoms with Crippen LogP contribution in [-0.4, -0.2) is 50.7 Å². The van der Waals surface area contributed by atoms with Gasteiger partial charge in [-0.15, -0.1) is 0 Å². The van der Waals surface area contributed by atoms with Crippen LogP contribution in [0.1, 0.15) is 59.3 Å². The van der Waals surface area contributed by atoms with Gasteiger partial charge in [-0.05, 0) is 18.8 Å². The number of aliphatic hydroxyl groups excluding tert-OH is 1. The van der Waals surface area contributed by atoms with Gasteiger partial charge >= 0.3 is 5.97 Å². The normalized spacial score (nSPS) is 13.7. The van der Waals surface area contributed by atoms with Crippen molar-refractivity contribution in [2.45, 2.75) is 59.3 Å². The summed E-state index contributed by atoms with van der Waals surface area (Å²) in [5.41, 5.74) is 0. The first-order chi connectivity index (χ1) is 11.2. The second kappa shape index (κ2) is 16.2. The summed E-state index contributed by atoms with van der Waals surface area (Å²) in [7, 11) is 0. The van der Waals surface area contributed by atoms with Crippen LogP contribution in [0.3, 0.4) is 0 Å². The molecule has 0 bridgehead atoms. The maximum atomic E-state index is 12.3. The van der Waals surface area contributed by atoms with Gasteiger partial charge in [0.2, 0.25) is 0 Å². The average molecular weight is 332 g/mol. The third-order valence-corrected chi connectivity index (χ3v) is 3.95. The van der Waals surface area contributed by atoms with Crippen molar-refractivity contribution in [3.8, 4) is 0 Å². The van der Waals surface area contributed by atoms with E-state index >= 15 is 0 Å². The van der Waals surface area contributed by atoms with Crippen LogP contribution >= 0.6 is 0 Å². The molecule has 0 aliphatic carbocycles. The van der Waals surface area contributed by atoms with Crippen LogP contribution in [0.25, 0.3) is 0 Å². The standard InChI is InChI=1S/C18H36O5/c1-4-6-8-16(3)17(9-7-5-2)18(20)23-15-14-22-13-12-21-11-10-19/h16-17,19H,4-15H2,1-3H3. The maximum absolute atomic E-state index is 12.3. The summed E-state index contributed by atoms with van der Waals surface area (Å²) in [6, 6.07) is 0. The molecule has 0 spiro atoms. The van der Waals surface area contributed by atoms with Crippen LogP contribution in [0.4, 0.5) is 0 Å². The molecule has 0 amide bonds. The molecule has 0 saturated heterocycles. The highest BCUT2D eigenvalue weighted by atomic mass is 16.6. The summed E-state index contributed by atoms with van der Waals surface area (Å²) in [6.07, 6.45) is 6.48. The van der Waals surface area contributed by atoms with Gasteiger partial charge in [-0.2, -0.15) is 0 Å². The van der Waals surface area contributed by atoms with E-state index in [2.05, 4.69) is 20.8 Å². The Morgan fingerprint density at radius 2 is 1.48 bits per heavy atom. The Bertz CT molecular complexity index is 270. The van der Waals surface area contributed by atoms with E-state index in [-0.39, 0.29) is 18.5 Å². The first-order valence-corrected chi connectivity index (χ1v) is 9.10. The van der Waals surface area contributed by atoms with Crippen LogP contribution in [0.5, 0.6) is 0 Å². The fraction of sp³-hybridized carbons (Fsp3) is 0.944. The van der Waals surface area contributed by atoms with Gasteiger partial charge in [-0.25, -0.2) is 0 Å². The number of carbonyl (C=O) groups is 1. The van der Waals surface area contributed by atoms with Gasteiger partial charge in [0.1, 0.15) is 6.61 Å². The summed E-state index contributed by atoms with van der Waals surface area (Å²) >= 11 is 0. The molecular formula is C18H36O5. The Morgan fingerprint density at radius 1 is 0.913 bits per heavy atom. The van der Waals surface area contributed by atoms with Gasteiger partial charge in [-0.1, -0.05) is 46.5 Å². The molecule has 5 nitrogen and oxygen atoms in total. The highest BCUT2D eigenvalue weighted by Crippen LogP contribution is 2.24. The van der Waals surface area contributed by atoms with Crippen molar-refractivity contribution in [3.63, 3.8) is 0 Å². The van der Waals surface area contributed by atoms with Crippen molar-refractivity contribution in [1.82, 2.24) is 0 Å². The Morgan fingerprint density at radius 3 is 2.09 bits per heavy atom. The molecule has 0 aliphatic rings. The highest BCUT2D eigenvalue weighted by Gasteiger charge is 2.25. The molecule has 0 fully saturated rings. The van der Waals surface area contributed by atoms with Crippen molar-refractivity contribution in [2.24, 2.45) is 11.8 Å². The number of carbonyl (C=O) groups excluding carboxylic acids is 1. The van der Waals surface area contributed by atoms with Gasteiger partial charge in [0.05, 0.1) is 39.0 Å². The van der Waals surface area contributed by atoms with E-state index in [0.717, 1.165) is 38.5 Å². The van der Waals surface area contributed by atoms with Crippen LogP contribution in [-0.2, 0) is 19.0 Å². The van der Waals surface area contributed by atoms with Crippen molar-refractivity contribution in [3.05, 3.63) is 0 Å². The van der Waals surface area contributed by atoms with E-state index < -0.39 is 0 Å². The zero-order valence-corrected chi connectivity index (χ0v) is 15.2. The molecule has 23 heavy (non-hydrogen) atoms. The van der Waals surface area contributed by atoms with E-state index in [1.54, 1.807) is 0 Å². The lowest BCUT2D eigenvalue weighted by Crippen LogP contribution is -2.26. The molecule has 5 heteroatoms. The predicted molar refractivity (Wildman–Crippen MR) is 91.4 cm³/mol. The molecule has 0 radical (unpaired) electrons. The van der Waals surface area contributed by atoms with Crippen molar-refractivity contribution < 1.29 is 24.1 Å². The zero-order chi connectivity index (χ0) is 17.3. The number of hydrogen-bond acceptors (Lipinski definition) is 5. The maximum Gasteiger partial charge on any atom is 0.309 e. The first kappa shape index (κ1) is 22.4. The van der Waals surface area contributed by atoms with Crippen LogP contribution in [0, 0.1) is 11.8 Å². The minimum absolute atomic E-state index is 0.00869. The fourth-order valence-electron chi connectivity index (χ4n) is 2.48. The molecule has 0 saturated carbocycles. The summed E-state index contributed by atoms with van der Waals surface area (Å²) in [5.74, 6) is 0.304. The SMILES string of the molecule is CCCCC(C)C(CCCC)C(=O)OCCOCCOCCO. The molecule has 0 heterocycles. The van der Waals surface area contributed by atoms with E-state index in [1.807, 2.05) is 0 Å². The van der Waals surface area contributed by atoms with Crippen molar-refractivity contribution in [2.75, 3.05) is 39.6 Å². The number of hydrogen-bond donors (Lipinski definition) is 1. The van der Waals surface area contributed by atoms with Gasteiger partial charge in [0.25, 0.3) is 0 Å². The molecule has 0 aromatic rings. The molecule has 0 aliphatic heterocycles. The van der Waals surface area contributed by atoms with Crippen molar-refractivity contribution >= 4 is 5.97 Å². The van der Waals surface area contributed by atoms with Gasteiger partial charge in [-0.3, -0.25) is 4.79 Å². The van der Waals surface area contributed by atoms with Gasteiger partial charge in [0.15, 0.2) is 0 Å². The molecule has 138 valence electrons. The number of esters is 1. The summed E-state index contributed by atoms with van der Waals surface area (Å²) in [6.45, 7) is 8.40. The van der Waals surface area contributed by atoms with E-state index in [0.29, 0.717) is 39.0 Å². The van der Waals surface area contributed by atoms with Crippen LogP contribution in [0.15, 0.2) is 0 Å². The van der Waals surface area contributed by atoms with Crippen molar-refractivity contribution in [1.29, 1.82) is 0 Å². The van der Waals surface area contributed by atoms with Crippen LogP contribution < -0.4 is 0 Å². The van der Waals surface area contributed by atoms with E-state index in [1.165, 1.54) is 0 Å². The van der Waals surface area contributed by atoms with E-state index in [4.69, 9.17) is 19.3 Å². The molecule has 2 unspecified atom stereocenters. The third kappa shape index (κ3) is 12.4. The second-order valence-corrected chi connectivity index (χ2v) is 5.98.